The average molecular weight is 458 g/mol. The van der Waals surface area contributed by atoms with Gasteiger partial charge in [0.2, 0.25) is 0 Å². The molecule has 0 atom stereocenters. The lowest BCUT2D eigenvalue weighted by Crippen LogP contribution is -2.03. The number of hydrogen-bond acceptors (Lipinski definition) is 4. The molecule has 3 aromatic carbocycles. The molecule has 0 saturated heterocycles. The lowest BCUT2D eigenvalue weighted by atomic mass is 10.1. The van der Waals surface area contributed by atoms with E-state index < -0.39 is 29.2 Å². The molecule has 0 aliphatic carbocycles. The summed E-state index contributed by atoms with van der Waals surface area (Å²) in [6.45, 7) is 0. The minimum absolute atomic E-state index is 0.0595. The number of carbonyl (C=O) groups is 1. The van der Waals surface area contributed by atoms with Crippen molar-refractivity contribution in [2.45, 2.75) is 0 Å². The molecule has 32 heavy (non-hydrogen) atoms. The highest BCUT2D eigenvalue weighted by molar-refractivity contribution is 7.14. The molecule has 0 spiro atoms. The van der Waals surface area contributed by atoms with E-state index >= 15 is 0 Å². The van der Waals surface area contributed by atoms with Crippen LogP contribution >= 0.6 is 11.3 Å². The standard InChI is InChI=1S/C23H14F4N2O2S/c24-17-4-2-13(8-19(17)26)28-15-10-22(32-11-15)12-1-6-21(16(7-12)23(30)31)29-14-3-5-18(25)20(27)9-14/h1-11,28-29H,(H,30,31). The second kappa shape index (κ2) is 8.72. The fourth-order valence-electron chi connectivity index (χ4n) is 3.01. The van der Waals surface area contributed by atoms with E-state index in [4.69, 9.17) is 0 Å². The Morgan fingerprint density at radius 2 is 1.34 bits per heavy atom. The molecule has 4 aromatic rings. The predicted molar refractivity (Wildman–Crippen MR) is 116 cm³/mol. The van der Waals surface area contributed by atoms with Crippen molar-refractivity contribution in [3.8, 4) is 10.4 Å². The minimum atomic E-state index is -1.20. The van der Waals surface area contributed by atoms with Crippen LogP contribution in [0.3, 0.4) is 0 Å². The summed E-state index contributed by atoms with van der Waals surface area (Å²) in [6, 6.07) is 13.0. The van der Waals surface area contributed by atoms with Gasteiger partial charge in [-0.1, -0.05) is 6.07 Å². The summed E-state index contributed by atoms with van der Waals surface area (Å²) >= 11 is 1.33. The topological polar surface area (TPSA) is 61.4 Å². The lowest BCUT2D eigenvalue weighted by Gasteiger charge is -2.11. The van der Waals surface area contributed by atoms with E-state index in [1.807, 2.05) is 0 Å². The maximum atomic E-state index is 13.5. The molecule has 0 amide bonds. The van der Waals surface area contributed by atoms with E-state index in [-0.39, 0.29) is 16.9 Å². The van der Waals surface area contributed by atoms with Crippen molar-refractivity contribution < 1.29 is 27.5 Å². The van der Waals surface area contributed by atoms with Gasteiger partial charge in [0.15, 0.2) is 23.3 Å². The van der Waals surface area contributed by atoms with Crippen LogP contribution in [0.1, 0.15) is 10.4 Å². The van der Waals surface area contributed by atoms with Crippen molar-refractivity contribution in [3.05, 3.63) is 94.9 Å². The van der Waals surface area contributed by atoms with Crippen molar-refractivity contribution in [1.29, 1.82) is 0 Å². The molecule has 1 aromatic heterocycles. The summed E-state index contributed by atoms with van der Waals surface area (Å²) < 4.78 is 53.1. The molecule has 3 N–H and O–H groups in total. The van der Waals surface area contributed by atoms with Crippen LogP contribution < -0.4 is 10.6 Å². The number of carboxylic acid groups (broad SMARTS) is 1. The molecule has 4 rings (SSSR count). The number of aromatic carboxylic acids is 1. The van der Waals surface area contributed by atoms with Crippen molar-refractivity contribution in [2.24, 2.45) is 0 Å². The van der Waals surface area contributed by atoms with Gasteiger partial charge in [-0.25, -0.2) is 22.4 Å². The predicted octanol–water partition coefficient (Wildman–Crippen LogP) is 7.16. The zero-order valence-corrected chi connectivity index (χ0v) is 16.9. The van der Waals surface area contributed by atoms with Crippen LogP contribution in [0.15, 0.2) is 66.0 Å². The summed E-state index contributed by atoms with van der Waals surface area (Å²) in [5.74, 6) is -5.17. The molecule has 0 bridgehead atoms. The molecule has 162 valence electrons. The van der Waals surface area contributed by atoms with Gasteiger partial charge < -0.3 is 15.7 Å². The number of nitrogens with one attached hydrogen (secondary N) is 2. The number of halogens is 4. The van der Waals surface area contributed by atoms with Crippen molar-refractivity contribution >= 4 is 40.1 Å². The highest BCUT2D eigenvalue weighted by atomic mass is 32.1. The molecule has 0 fully saturated rings. The normalized spacial score (nSPS) is 10.8. The third-order valence-electron chi connectivity index (χ3n) is 4.54. The molecule has 4 nitrogen and oxygen atoms in total. The third-order valence-corrected chi connectivity index (χ3v) is 5.52. The summed E-state index contributed by atoms with van der Waals surface area (Å²) in [4.78, 5) is 12.5. The first-order valence-corrected chi connectivity index (χ1v) is 10.1. The number of hydrogen-bond donors (Lipinski definition) is 3. The van der Waals surface area contributed by atoms with Crippen LogP contribution in [-0.2, 0) is 0 Å². The number of rotatable bonds is 6. The summed E-state index contributed by atoms with van der Waals surface area (Å²) in [6.07, 6.45) is 0. The summed E-state index contributed by atoms with van der Waals surface area (Å²) in [5, 5.41) is 17.1. The molecule has 0 radical (unpaired) electrons. The molecule has 9 heteroatoms. The lowest BCUT2D eigenvalue weighted by molar-refractivity contribution is 0.0698. The summed E-state index contributed by atoms with van der Waals surface area (Å²) in [5.41, 5.74) is 1.96. The van der Waals surface area contributed by atoms with E-state index in [1.165, 1.54) is 35.6 Å². The zero-order valence-electron chi connectivity index (χ0n) is 16.1. The number of carboxylic acids is 1. The first-order valence-electron chi connectivity index (χ1n) is 9.20. The van der Waals surface area contributed by atoms with Crippen LogP contribution in [0.25, 0.3) is 10.4 Å². The van der Waals surface area contributed by atoms with Crippen LogP contribution in [0.4, 0.5) is 40.3 Å². The maximum Gasteiger partial charge on any atom is 0.337 e. The Morgan fingerprint density at radius 3 is 1.94 bits per heavy atom. The van der Waals surface area contributed by atoms with Gasteiger partial charge in [0, 0.05) is 39.5 Å². The minimum Gasteiger partial charge on any atom is -0.478 e. The van der Waals surface area contributed by atoms with E-state index in [1.54, 1.807) is 17.5 Å². The van der Waals surface area contributed by atoms with E-state index in [2.05, 4.69) is 10.6 Å². The van der Waals surface area contributed by atoms with Crippen LogP contribution in [0, 0.1) is 23.3 Å². The molecular formula is C23H14F4N2O2S. The Balaban J connectivity index is 1.59. The van der Waals surface area contributed by atoms with Crippen molar-refractivity contribution in [3.63, 3.8) is 0 Å². The van der Waals surface area contributed by atoms with Crippen molar-refractivity contribution in [2.75, 3.05) is 10.6 Å². The third kappa shape index (κ3) is 4.57. The highest BCUT2D eigenvalue weighted by Crippen LogP contribution is 2.34. The van der Waals surface area contributed by atoms with Gasteiger partial charge in [0.1, 0.15) is 0 Å². The van der Waals surface area contributed by atoms with Gasteiger partial charge in [-0.05, 0) is 48.0 Å². The van der Waals surface area contributed by atoms with Gasteiger partial charge >= 0.3 is 5.97 Å². The van der Waals surface area contributed by atoms with Crippen LogP contribution in [0.5, 0.6) is 0 Å². The fraction of sp³-hybridized carbons (Fsp3) is 0. The number of anilines is 4. The number of benzene rings is 3. The van der Waals surface area contributed by atoms with Gasteiger partial charge in [0.25, 0.3) is 0 Å². The average Bonchev–Trinajstić information content (AvgIpc) is 3.22. The smallest absolute Gasteiger partial charge is 0.337 e. The zero-order chi connectivity index (χ0) is 22.8. The van der Waals surface area contributed by atoms with Crippen molar-refractivity contribution in [1.82, 2.24) is 0 Å². The monoisotopic (exact) mass is 458 g/mol. The molecule has 0 aliphatic heterocycles. The SMILES string of the molecule is O=C(O)c1cc(-c2cc(Nc3ccc(F)c(F)c3)cs2)ccc1Nc1ccc(F)c(F)c1. The summed E-state index contributed by atoms with van der Waals surface area (Å²) in [7, 11) is 0. The molecule has 0 unspecified atom stereocenters. The molecule has 1 heterocycles. The van der Waals surface area contributed by atoms with E-state index in [0.29, 0.717) is 16.9 Å². The number of thiophene rings is 1. The molecule has 0 aliphatic rings. The Labute approximate surface area is 183 Å². The molecule has 0 saturated carbocycles. The Bertz CT molecular complexity index is 1320. The Morgan fingerprint density at radius 1 is 0.719 bits per heavy atom. The van der Waals surface area contributed by atoms with Crippen LogP contribution in [-0.4, -0.2) is 11.1 Å². The fourth-order valence-corrected chi connectivity index (χ4v) is 3.85. The Hall–Kier alpha value is -3.85. The largest absolute Gasteiger partial charge is 0.478 e. The van der Waals surface area contributed by atoms with Gasteiger partial charge in [-0.2, -0.15) is 0 Å². The second-order valence-electron chi connectivity index (χ2n) is 6.77. The van der Waals surface area contributed by atoms with Gasteiger partial charge in [-0.3, -0.25) is 0 Å². The quantitative estimate of drug-likeness (QED) is 0.268. The first-order chi connectivity index (χ1) is 15.3. The van der Waals surface area contributed by atoms with Gasteiger partial charge in [-0.15, -0.1) is 11.3 Å². The van der Waals surface area contributed by atoms with Crippen LogP contribution in [0.2, 0.25) is 0 Å². The highest BCUT2D eigenvalue weighted by Gasteiger charge is 2.14. The van der Waals surface area contributed by atoms with E-state index in [9.17, 15) is 27.5 Å². The second-order valence-corrected chi connectivity index (χ2v) is 7.68. The first kappa shape index (κ1) is 21.4. The molecular weight excluding hydrogens is 444 g/mol. The maximum absolute atomic E-state index is 13.5. The van der Waals surface area contributed by atoms with Gasteiger partial charge in [0.05, 0.1) is 11.3 Å². The Kier molecular flexibility index (Phi) is 5.83. The van der Waals surface area contributed by atoms with E-state index in [0.717, 1.165) is 29.1 Å².